The minimum absolute atomic E-state index is 0.151. The number of likely N-dealkylation sites (N-methyl/N-ethyl adjacent to an activating group) is 1. The normalized spacial score (nSPS) is 18.1. The van der Waals surface area contributed by atoms with Gasteiger partial charge in [0.1, 0.15) is 10.8 Å². The van der Waals surface area contributed by atoms with Gasteiger partial charge in [-0.25, -0.2) is 9.37 Å². The van der Waals surface area contributed by atoms with Crippen molar-refractivity contribution in [1.82, 2.24) is 10.3 Å². The van der Waals surface area contributed by atoms with Gasteiger partial charge < -0.3 is 5.32 Å². The fourth-order valence-electron chi connectivity index (χ4n) is 2.80. The van der Waals surface area contributed by atoms with Crippen molar-refractivity contribution in [2.75, 3.05) is 13.6 Å². The number of benzene rings is 1. The summed E-state index contributed by atoms with van der Waals surface area (Å²) in [6.07, 6.45) is 3.53. The average Bonchev–Trinajstić information content (AvgIpc) is 2.87. The Labute approximate surface area is 123 Å². The second-order valence-electron chi connectivity index (χ2n) is 5.44. The number of thiazole rings is 1. The van der Waals surface area contributed by atoms with Crippen molar-refractivity contribution in [3.8, 4) is 10.6 Å². The molecule has 0 amide bonds. The molecule has 1 N–H and O–H groups in total. The Morgan fingerprint density at radius 2 is 2.30 bits per heavy atom. The molecule has 1 unspecified atom stereocenters. The Morgan fingerprint density at radius 1 is 1.45 bits per heavy atom. The molecule has 1 atom stereocenters. The first-order valence-corrected chi connectivity index (χ1v) is 7.91. The summed E-state index contributed by atoms with van der Waals surface area (Å²) in [7, 11) is 1.98. The first-order chi connectivity index (χ1) is 9.69. The molecule has 1 aliphatic rings. The van der Waals surface area contributed by atoms with Crippen molar-refractivity contribution in [2.45, 2.75) is 32.1 Å². The van der Waals surface area contributed by atoms with Crippen LogP contribution in [0.2, 0.25) is 0 Å². The van der Waals surface area contributed by atoms with Crippen LogP contribution >= 0.6 is 11.3 Å². The maximum absolute atomic E-state index is 13.7. The van der Waals surface area contributed by atoms with Crippen LogP contribution in [0.4, 0.5) is 4.39 Å². The second kappa shape index (κ2) is 5.62. The van der Waals surface area contributed by atoms with Gasteiger partial charge in [-0.15, -0.1) is 11.3 Å². The lowest BCUT2D eigenvalue weighted by Gasteiger charge is -2.20. The first kappa shape index (κ1) is 13.7. The van der Waals surface area contributed by atoms with E-state index >= 15 is 0 Å². The average molecular weight is 290 g/mol. The first-order valence-electron chi connectivity index (χ1n) is 7.09. The van der Waals surface area contributed by atoms with Gasteiger partial charge in [-0.05, 0) is 44.9 Å². The van der Waals surface area contributed by atoms with Crippen LogP contribution in [0.5, 0.6) is 0 Å². The van der Waals surface area contributed by atoms with Crippen LogP contribution < -0.4 is 5.32 Å². The number of fused-ring (bicyclic) bond motifs is 1. The molecular weight excluding hydrogens is 271 g/mol. The van der Waals surface area contributed by atoms with Gasteiger partial charge in [0.05, 0.1) is 5.69 Å². The van der Waals surface area contributed by atoms with Crippen LogP contribution in [0.25, 0.3) is 10.6 Å². The van der Waals surface area contributed by atoms with Crippen molar-refractivity contribution in [1.29, 1.82) is 0 Å². The number of aromatic nitrogens is 1. The standard InChI is InChI=1S/C16H19FN2S/c1-10-6-7-11(8-13(10)17)16-19-15-12(9-18-2)4-3-5-14(15)20-16/h6-8,12,18H,3-5,9H2,1-2H3. The van der Waals surface area contributed by atoms with E-state index in [-0.39, 0.29) is 5.82 Å². The third-order valence-electron chi connectivity index (χ3n) is 3.94. The van der Waals surface area contributed by atoms with Crippen LogP contribution in [0.1, 0.15) is 34.9 Å². The quantitative estimate of drug-likeness (QED) is 0.927. The molecule has 0 radical (unpaired) electrons. The third-order valence-corrected chi connectivity index (χ3v) is 5.12. The molecule has 106 valence electrons. The largest absolute Gasteiger partial charge is 0.319 e. The minimum atomic E-state index is -0.151. The SMILES string of the molecule is CNCC1CCCc2sc(-c3ccc(C)c(F)c3)nc21. The Kier molecular flexibility index (Phi) is 3.85. The smallest absolute Gasteiger partial charge is 0.126 e. The summed E-state index contributed by atoms with van der Waals surface area (Å²) in [4.78, 5) is 6.19. The monoisotopic (exact) mass is 290 g/mol. The molecule has 4 heteroatoms. The van der Waals surface area contributed by atoms with Gasteiger partial charge in [-0.1, -0.05) is 12.1 Å². The van der Waals surface area contributed by atoms with E-state index < -0.39 is 0 Å². The summed E-state index contributed by atoms with van der Waals surface area (Å²) in [6.45, 7) is 2.76. The van der Waals surface area contributed by atoms with Crippen LogP contribution in [0.3, 0.4) is 0 Å². The van der Waals surface area contributed by atoms with Crippen molar-refractivity contribution in [3.63, 3.8) is 0 Å². The van der Waals surface area contributed by atoms with Gasteiger partial charge in [-0.2, -0.15) is 0 Å². The topological polar surface area (TPSA) is 24.9 Å². The summed E-state index contributed by atoms with van der Waals surface area (Å²) in [5.41, 5.74) is 2.81. The summed E-state index contributed by atoms with van der Waals surface area (Å²) in [6, 6.07) is 5.40. The van der Waals surface area contributed by atoms with Gasteiger partial charge in [0.15, 0.2) is 0 Å². The second-order valence-corrected chi connectivity index (χ2v) is 6.52. The van der Waals surface area contributed by atoms with Gasteiger partial charge in [0.2, 0.25) is 0 Å². The van der Waals surface area contributed by atoms with Gasteiger partial charge in [0.25, 0.3) is 0 Å². The predicted octanol–water partition coefficient (Wildman–Crippen LogP) is 3.90. The Hall–Kier alpha value is -1.26. The highest BCUT2D eigenvalue weighted by Gasteiger charge is 2.24. The van der Waals surface area contributed by atoms with E-state index in [0.29, 0.717) is 11.5 Å². The zero-order valence-electron chi connectivity index (χ0n) is 11.9. The number of nitrogens with one attached hydrogen (secondary N) is 1. The maximum Gasteiger partial charge on any atom is 0.126 e. The summed E-state index contributed by atoms with van der Waals surface area (Å²) in [5.74, 6) is 0.353. The van der Waals surface area contributed by atoms with E-state index in [4.69, 9.17) is 4.98 Å². The zero-order valence-corrected chi connectivity index (χ0v) is 12.7. The molecule has 2 nitrogen and oxygen atoms in total. The molecule has 0 bridgehead atoms. The van der Waals surface area contributed by atoms with E-state index in [1.54, 1.807) is 24.3 Å². The molecule has 2 aromatic rings. The fourth-order valence-corrected chi connectivity index (χ4v) is 3.99. The number of hydrogen-bond acceptors (Lipinski definition) is 3. The van der Waals surface area contributed by atoms with E-state index in [0.717, 1.165) is 23.5 Å². The molecule has 20 heavy (non-hydrogen) atoms. The molecule has 0 spiro atoms. The number of nitrogens with zero attached hydrogens (tertiary/aromatic N) is 1. The van der Waals surface area contributed by atoms with Crippen molar-refractivity contribution in [3.05, 3.63) is 40.2 Å². The van der Waals surface area contributed by atoms with Crippen LogP contribution in [0, 0.1) is 12.7 Å². The predicted molar refractivity (Wildman–Crippen MR) is 81.9 cm³/mol. The van der Waals surface area contributed by atoms with Gasteiger partial charge in [0, 0.05) is 22.9 Å². The van der Waals surface area contributed by atoms with Crippen molar-refractivity contribution >= 4 is 11.3 Å². The van der Waals surface area contributed by atoms with E-state index in [2.05, 4.69) is 5.32 Å². The Morgan fingerprint density at radius 3 is 3.05 bits per heavy atom. The van der Waals surface area contributed by atoms with Crippen LogP contribution in [-0.4, -0.2) is 18.6 Å². The lowest BCUT2D eigenvalue weighted by atomic mass is 9.91. The number of hydrogen-bond donors (Lipinski definition) is 1. The molecular formula is C16H19FN2S. The summed E-state index contributed by atoms with van der Waals surface area (Å²) >= 11 is 1.73. The minimum Gasteiger partial charge on any atom is -0.319 e. The van der Waals surface area contributed by atoms with Crippen molar-refractivity contribution < 1.29 is 4.39 Å². The highest BCUT2D eigenvalue weighted by Crippen LogP contribution is 2.38. The van der Waals surface area contributed by atoms with E-state index in [1.165, 1.54) is 23.4 Å². The zero-order chi connectivity index (χ0) is 14.1. The molecule has 1 aliphatic carbocycles. The number of aryl methyl sites for hydroxylation is 2. The van der Waals surface area contributed by atoms with E-state index in [1.807, 2.05) is 19.2 Å². The Bertz CT molecular complexity index is 621. The molecule has 0 aliphatic heterocycles. The molecule has 0 fully saturated rings. The third kappa shape index (κ3) is 2.50. The highest BCUT2D eigenvalue weighted by molar-refractivity contribution is 7.15. The molecule has 0 saturated heterocycles. The molecule has 1 aromatic carbocycles. The Balaban J connectivity index is 1.97. The van der Waals surface area contributed by atoms with Crippen LogP contribution in [0.15, 0.2) is 18.2 Å². The van der Waals surface area contributed by atoms with Gasteiger partial charge in [-0.3, -0.25) is 0 Å². The maximum atomic E-state index is 13.7. The summed E-state index contributed by atoms with van der Waals surface area (Å²) < 4.78 is 13.7. The number of rotatable bonds is 3. The molecule has 3 rings (SSSR count). The van der Waals surface area contributed by atoms with Gasteiger partial charge >= 0.3 is 0 Å². The molecule has 1 aromatic heterocycles. The summed E-state index contributed by atoms with van der Waals surface area (Å²) in [5, 5.41) is 4.20. The lowest BCUT2D eigenvalue weighted by Crippen LogP contribution is -2.20. The van der Waals surface area contributed by atoms with E-state index in [9.17, 15) is 4.39 Å². The number of halogens is 1. The van der Waals surface area contributed by atoms with Crippen LogP contribution in [-0.2, 0) is 6.42 Å². The van der Waals surface area contributed by atoms with Crippen molar-refractivity contribution in [2.24, 2.45) is 0 Å². The molecule has 0 saturated carbocycles. The lowest BCUT2D eigenvalue weighted by molar-refractivity contribution is 0.523. The molecule has 1 heterocycles. The highest BCUT2D eigenvalue weighted by atomic mass is 32.1. The fraction of sp³-hybridized carbons (Fsp3) is 0.438.